The van der Waals surface area contributed by atoms with Gasteiger partial charge in [-0.25, -0.2) is 8.42 Å². The number of amides is 2. The number of nitrogens with zero attached hydrogens (tertiary/aromatic N) is 2. The minimum Gasteiger partial charge on any atom is -0.352 e. The SMILES string of the molecule is CC[C@H](C)NC(=O)[C@@H](Cc1ccccc1)N(Cc1ccc(Cl)cc1Cl)C(=O)CN(c1cccc(C)c1C)S(C)(=O)=O. The summed E-state index contributed by atoms with van der Waals surface area (Å²) < 4.78 is 27.1. The van der Waals surface area contributed by atoms with Gasteiger partial charge in [0.25, 0.3) is 0 Å². The van der Waals surface area contributed by atoms with E-state index >= 15 is 0 Å². The van der Waals surface area contributed by atoms with E-state index in [-0.39, 0.29) is 24.9 Å². The normalized spacial score (nSPS) is 12.9. The average Bonchev–Trinajstić information content (AvgIpc) is 2.91. The standard InChI is InChI=1S/C31H37Cl2N3O4S/c1-6-22(3)34-31(38)29(17-24-12-8-7-9-13-24)35(19-25-15-16-26(32)18-27(25)33)30(37)20-36(41(5,39)40)28-14-10-11-21(2)23(28)4/h7-16,18,22,29H,6,17,19-20H2,1-5H3,(H,34,38)/t22-,29+/m0/s1. The van der Waals surface area contributed by atoms with E-state index in [1.54, 1.807) is 30.3 Å². The van der Waals surface area contributed by atoms with Crippen molar-refractivity contribution in [1.29, 1.82) is 0 Å². The van der Waals surface area contributed by atoms with Gasteiger partial charge < -0.3 is 10.2 Å². The number of hydrogen-bond donors (Lipinski definition) is 1. The molecule has 0 aliphatic carbocycles. The van der Waals surface area contributed by atoms with E-state index in [9.17, 15) is 18.0 Å². The Hall–Kier alpha value is -3.07. The van der Waals surface area contributed by atoms with Crippen LogP contribution in [0.3, 0.4) is 0 Å². The summed E-state index contributed by atoms with van der Waals surface area (Å²) in [4.78, 5) is 29.4. The maximum Gasteiger partial charge on any atom is 0.244 e. The van der Waals surface area contributed by atoms with E-state index < -0.39 is 28.5 Å². The Morgan fingerprint density at radius 3 is 2.27 bits per heavy atom. The number of sulfonamides is 1. The lowest BCUT2D eigenvalue weighted by molar-refractivity contribution is -0.140. The molecule has 0 fully saturated rings. The van der Waals surface area contributed by atoms with Crippen LogP contribution in [0.15, 0.2) is 66.7 Å². The first-order valence-corrected chi connectivity index (χ1v) is 16.0. The van der Waals surface area contributed by atoms with Gasteiger partial charge in [0.05, 0.1) is 11.9 Å². The first kappa shape index (κ1) is 32.4. The number of carbonyl (C=O) groups is 2. The van der Waals surface area contributed by atoms with Gasteiger partial charge in [-0.1, -0.05) is 78.7 Å². The molecular formula is C31H37Cl2N3O4S. The molecule has 0 spiro atoms. The number of rotatable bonds is 12. The van der Waals surface area contributed by atoms with Crippen LogP contribution in [0, 0.1) is 13.8 Å². The zero-order valence-electron chi connectivity index (χ0n) is 24.0. The zero-order chi connectivity index (χ0) is 30.3. The van der Waals surface area contributed by atoms with Gasteiger partial charge in [0.1, 0.15) is 12.6 Å². The quantitative estimate of drug-likeness (QED) is 0.273. The van der Waals surface area contributed by atoms with Crippen molar-refractivity contribution in [1.82, 2.24) is 10.2 Å². The van der Waals surface area contributed by atoms with Crippen molar-refractivity contribution in [3.8, 4) is 0 Å². The Morgan fingerprint density at radius 1 is 0.976 bits per heavy atom. The molecule has 1 N–H and O–H groups in total. The second-order valence-corrected chi connectivity index (χ2v) is 13.0. The molecule has 0 unspecified atom stereocenters. The molecule has 0 aliphatic rings. The molecular weight excluding hydrogens is 581 g/mol. The van der Waals surface area contributed by atoms with Gasteiger partial charge >= 0.3 is 0 Å². The van der Waals surface area contributed by atoms with E-state index in [1.807, 2.05) is 64.1 Å². The Balaban J connectivity index is 2.12. The topological polar surface area (TPSA) is 86.8 Å². The number of hydrogen-bond acceptors (Lipinski definition) is 4. The molecule has 2 amide bonds. The number of nitrogens with one attached hydrogen (secondary N) is 1. The van der Waals surface area contributed by atoms with Gasteiger partial charge in [0.15, 0.2) is 0 Å². The van der Waals surface area contributed by atoms with E-state index in [0.29, 0.717) is 27.7 Å². The number of halogens is 2. The minimum absolute atomic E-state index is 0.0232. The lowest BCUT2D eigenvalue weighted by Crippen LogP contribution is -2.54. The highest BCUT2D eigenvalue weighted by Gasteiger charge is 2.34. The molecule has 2 atom stereocenters. The third kappa shape index (κ3) is 8.71. The van der Waals surface area contributed by atoms with Crippen molar-refractivity contribution < 1.29 is 18.0 Å². The Bertz CT molecular complexity index is 1480. The molecule has 0 aliphatic heterocycles. The van der Waals surface area contributed by atoms with Crippen molar-refractivity contribution in [2.24, 2.45) is 0 Å². The van der Waals surface area contributed by atoms with Crippen LogP contribution in [-0.4, -0.2) is 50.0 Å². The maximum atomic E-state index is 14.2. The Morgan fingerprint density at radius 2 is 1.66 bits per heavy atom. The van der Waals surface area contributed by atoms with Crippen LogP contribution in [0.25, 0.3) is 0 Å². The van der Waals surface area contributed by atoms with E-state index in [4.69, 9.17) is 23.2 Å². The molecule has 0 heterocycles. The minimum atomic E-state index is -3.86. The van der Waals surface area contributed by atoms with Gasteiger partial charge in [-0.3, -0.25) is 13.9 Å². The molecule has 3 aromatic carbocycles. The zero-order valence-corrected chi connectivity index (χ0v) is 26.4. The molecule has 7 nitrogen and oxygen atoms in total. The predicted molar refractivity (Wildman–Crippen MR) is 167 cm³/mol. The monoisotopic (exact) mass is 617 g/mol. The number of aryl methyl sites for hydroxylation is 1. The highest BCUT2D eigenvalue weighted by molar-refractivity contribution is 7.92. The summed E-state index contributed by atoms with van der Waals surface area (Å²) in [5.41, 5.74) is 3.48. The summed E-state index contributed by atoms with van der Waals surface area (Å²) in [6, 6.07) is 18.6. The smallest absolute Gasteiger partial charge is 0.244 e. The van der Waals surface area contributed by atoms with Crippen molar-refractivity contribution in [3.63, 3.8) is 0 Å². The van der Waals surface area contributed by atoms with E-state index in [0.717, 1.165) is 27.3 Å². The second-order valence-electron chi connectivity index (χ2n) is 10.3. The largest absolute Gasteiger partial charge is 0.352 e. The first-order valence-electron chi connectivity index (χ1n) is 13.4. The van der Waals surface area contributed by atoms with Crippen molar-refractivity contribution in [2.75, 3.05) is 17.1 Å². The maximum absolute atomic E-state index is 14.2. The van der Waals surface area contributed by atoms with Crippen molar-refractivity contribution >= 4 is 50.7 Å². The first-order chi connectivity index (χ1) is 19.3. The summed E-state index contributed by atoms with van der Waals surface area (Å²) in [7, 11) is -3.86. The van der Waals surface area contributed by atoms with Crippen LogP contribution < -0.4 is 9.62 Å². The summed E-state index contributed by atoms with van der Waals surface area (Å²) >= 11 is 12.6. The van der Waals surface area contributed by atoms with Crippen LogP contribution >= 0.6 is 23.2 Å². The van der Waals surface area contributed by atoms with E-state index in [1.165, 1.54) is 4.90 Å². The summed E-state index contributed by atoms with van der Waals surface area (Å²) in [6.07, 6.45) is 2.00. The van der Waals surface area contributed by atoms with Gasteiger partial charge in [-0.05, 0) is 67.6 Å². The number of carbonyl (C=O) groups excluding carboxylic acids is 2. The predicted octanol–water partition coefficient (Wildman–Crippen LogP) is 5.93. The molecule has 0 saturated carbocycles. The van der Waals surface area contributed by atoms with Gasteiger partial charge in [0.2, 0.25) is 21.8 Å². The van der Waals surface area contributed by atoms with Gasteiger partial charge in [0, 0.05) is 29.1 Å². The number of benzene rings is 3. The van der Waals surface area contributed by atoms with Crippen LogP contribution in [0.1, 0.15) is 42.5 Å². The molecule has 3 aromatic rings. The molecule has 0 bridgehead atoms. The third-order valence-electron chi connectivity index (χ3n) is 7.15. The van der Waals surface area contributed by atoms with Gasteiger partial charge in [-0.2, -0.15) is 0 Å². The lowest BCUT2D eigenvalue weighted by atomic mass is 10.0. The third-order valence-corrected chi connectivity index (χ3v) is 8.87. The fraction of sp³-hybridized carbons (Fsp3) is 0.355. The molecule has 0 aromatic heterocycles. The fourth-order valence-electron chi connectivity index (χ4n) is 4.43. The van der Waals surface area contributed by atoms with Crippen LogP contribution in [0.2, 0.25) is 10.0 Å². The van der Waals surface area contributed by atoms with Gasteiger partial charge in [-0.15, -0.1) is 0 Å². The number of anilines is 1. The Kier molecular flexibility index (Phi) is 11.2. The molecule has 10 heteroatoms. The second kappa shape index (κ2) is 14.2. The summed E-state index contributed by atoms with van der Waals surface area (Å²) in [6.45, 7) is 7.04. The van der Waals surface area contributed by atoms with Crippen LogP contribution in [-0.2, 0) is 32.6 Å². The van der Waals surface area contributed by atoms with Crippen LogP contribution in [0.5, 0.6) is 0 Å². The van der Waals surface area contributed by atoms with Crippen LogP contribution in [0.4, 0.5) is 5.69 Å². The summed E-state index contributed by atoms with van der Waals surface area (Å²) in [5, 5.41) is 3.78. The molecule has 3 rings (SSSR count). The molecule has 41 heavy (non-hydrogen) atoms. The van der Waals surface area contributed by atoms with Crippen molar-refractivity contribution in [2.45, 2.75) is 59.2 Å². The highest BCUT2D eigenvalue weighted by atomic mass is 35.5. The van der Waals surface area contributed by atoms with E-state index in [2.05, 4.69) is 5.32 Å². The summed E-state index contributed by atoms with van der Waals surface area (Å²) in [5.74, 6) is -0.873. The molecule has 0 radical (unpaired) electrons. The lowest BCUT2D eigenvalue weighted by Gasteiger charge is -2.34. The Labute approximate surface area is 253 Å². The highest BCUT2D eigenvalue weighted by Crippen LogP contribution is 2.27. The fourth-order valence-corrected chi connectivity index (χ4v) is 5.80. The van der Waals surface area contributed by atoms with Crippen molar-refractivity contribution in [3.05, 3.63) is 99.0 Å². The molecule has 220 valence electrons. The average molecular weight is 619 g/mol. The molecule has 0 saturated heterocycles.